The maximum Gasteiger partial charge on any atom is 0.190 e. The molecule has 0 radical (unpaired) electrons. The molecule has 0 amide bonds. The van der Waals surface area contributed by atoms with Crippen molar-refractivity contribution in [3.63, 3.8) is 0 Å². The number of benzene rings is 2. The highest BCUT2D eigenvalue weighted by molar-refractivity contribution is 5.92. The molecule has 3 rings (SSSR count). The van der Waals surface area contributed by atoms with Crippen LogP contribution in [0.25, 0.3) is 27.9 Å². The predicted molar refractivity (Wildman–Crippen MR) is 77.6 cm³/mol. The van der Waals surface area contributed by atoms with Gasteiger partial charge in [-0.15, -0.1) is 0 Å². The van der Waals surface area contributed by atoms with E-state index in [0.717, 1.165) is 11.6 Å². The van der Waals surface area contributed by atoms with Gasteiger partial charge in [0.1, 0.15) is 17.2 Å². The molecule has 0 aliphatic carbocycles. The average molecular weight is 281 g/mol. The molecule has 0 saturated heterocycles. The zero-order chi connectivity index (χ0) is 14.8. The zero-order valence-electron chi connectivity index (χ0n) is 10.8. The van der Waals surface area contributed by atoms with Crippen molar-refractivity contribution in [2.75, 3.05) is 0 Å². The second-order valence-electron chi connectivity index (χ2n) is 4.46. The summed E-state index contributed by atoms with van der Waals surface area (Å²) in [6, 6.07) is 8.73. The van der Waals surface area contributed by atoms with E-state index in [1.165, 1.54) is 12.1 Å². The van der Waals surface area contributed by atoms with Crippen LogP contribution >= 0.6 is 0 Å². The molecule has 1 aromatic heterocycles. The van der Waals surface area contributed by atoms with Crippen molar-refractivity contribution >= 4 is 28.7 Å². The van der Waals surface area contributed by atoms with Gasteiger partial charge in [0.2, 0.25) is 0 Å². The monoisotopic (exact) mass is 281 g/mol. The summed E-state index contributed by atoms with van der Waals surface area (Å²) in [5, 5.41) is 7.18. The molecule has 5 heteroatoms. The molecule has 2 aromatic carbocycles. The van der Waals surface area contributed by atoms with Crippen molar-refractivity contribution in [2.45, 2.75) is 0 Å². The fourth-order valence-electron chi connectivity index (χ4n) is 2.03. The molecule has 0 aliphatic rings. The third kappa shape index (κ3) is 2.51. The van der Waals surface area contributed by atoms with Gasteiger partial charge in [-0.05, 0) is 35.9 Å². The summed E-state index contributed by atoms with van der Waals surface area (Å²) >= 11 is 0. The smallest absolute Gasteiger partial charge is 0.190 e. The normalized spacial score (nSPS) is 11.1. The Bertz CT molecular complexity index is 871. The van der Waals surface area contributed by atoms with E-state index in [9.17, 15) is 8.78 Å². The van der Waals surface area contributed by atoms with Crippen molar-refractivity contribution in [2.24, 2.45) is 0 Å². The van der Waals surface area contributed by atoms with Gasteiger partial charge in [-0.25, -0.2) is 13.6 Å². The molecular formula is C16H9F2N3. The third-order valence-electron chi connectivity index (χ3n) is 3.07. The van der Waals surface area contributed by atoms with E-state index in [0.29, 0.717) is 11.1 Å². The Morgan fingerprint density at radius 1 is 1.10 bits per heavy atom. The van der Waals surface area contributed by atoms with Crippen LogP contribution in [0.3, 0.4) is 0 Å². The maximum atomic E-state index is 13.8. The number of nitrogens with one attached hydrogen (secondary N) is 1. The summed E-state index contributed by atoms with van der Waals surface area (Å²) in [5.74, 6) is -0.834. The standard InChI is InChI=1S/C16H9F2N3/c1-19-12-8-13-15(20-21-16(13)14(18)9-12)7-4-10-2-5-11(17)6-3-10/h2-9H,(H,20,21). The van der Waals surface area contributed by atoms with Crippen LogP contribution in [0, 0.1) is 18.2 Å². The van der Waals surface area contributed by atoms with Gasteiger partial charge >= 0.3 is 0 Å². The Balaban J connectivity index is 2.03. The lowest BCUT2D eigenvalue weighted by Gasteiger charge is -1.95. The van der Waals surface area contributed by atoms with E-state index in [4.69, 9.17) is 6.57 Å². The maximum absolute atomic E-state index is 13.8. The predicted octanol–water partition coefficient (Wildman–Crippen LogP) is 4.56. The highest BCUT2D eigenvalue weighted by atomic mass is 19.1. The molecular weight excluding hydrogens is 272 g/mol. The topological polar surface area (TPSA) is 33.0 Å². The molecule has 3 nitrogen and oxygen atoms in total. The van der Waals surface area contributed by atoms with Gasteiger partial charge < -0.3 is 0 Å². The van der Waals surface area contributed by atoms with Gasteiger partial charge in [0.25, 0.3) is 0 Å². The van der Waals surface area contributed by atoms with Crippen molar-refractivity contribution < 1.29 is 8.78 Å². The fourth-order valence-corrected chi connectivity index (χ4v) is 2.03. The Kier molecular flexibility index (Phi) is 3.20. The zero-order valence-corrected chi connectivity index (χ0v) is 10.8. The number of hydrogen-bond donors (Lipinski definition) is 1. The minimum Gasteiger partial charge on any atom is -0.277 e. The van der Waals surface area contributed by atoms with Gasteiger partial charge in [-0.3, -0.25) is 5.10 Å². The lowest BCUT2D eigenvalue weighted by atomic mass is 10.1. The van der Waals surface area contributed by atoms with Gasteiger partial charge in [-0.1, -0.05) is 18.2 Å². The number of rotatable bonds is 2. The molecule has 21 heavy (non-hydrogen) atoms. The van der Waals surface area contributed by atoms with E-state index in [1.807, 2.05) is 0 Å². The second-order valence-corrected chi connectivity index (χ2v) is 4.46. The number of aromatic nitrogens is 2. The van der Waals surface area contributed by atoms with Crippen LogP contribution < -0.4 is 0 Å². The minimum atomic E-state index is -0.531. The van der Waals surface area contributed by atoms with Gasteiger partial charge in [0.05, 0.1) is 12.3 Å². The van der Waals surface area contributed by atoms with Crippen molar-refractivity contribution in [3.05, 3.63) is 70.7 Å². The molecule has 102 valence electrons. The quantitative estimate of drug-likeness (QED) is 0.686. The van der Waals surface area contributed by atoms with Gasteiger partial charge in [0.15, 0.2) is 5.69 Å². The fraction of sp³-hybridized carbons (Fsp3) is 0. The third-order valence-corrected chi connectivity index (χ3v) is 3.07. The van der Waals surface area contributed by atoms with Crippen LogP contribution in [0.15, 0.2) is 36.4 Å². The average Bonchev–Trinajstić information content (AvgIpc) is 2.90. The van der Waals surface area contributed by atoms with Crippen molar-refractivity contribution in [1.29, 1.82) is 0 Å². The lowest BCUT2D eigenvalue weighted by Crippen LogP contribution is -1.77. The Morgan fingerprint density at radius 2 is 1.86 bits per heavy atom. The summed E-state index contributed by atoms with van der Waals surface area (Å²) in [7, 11) is 0. The van der Waals surface area contributed by atoms with Gasteiger partial charge in [0, 0.05) is 5.39 Å². The van der Waals surface area contributed by atoms with Crippen LogP contribution in [-0.4, -0.2) is 10.2 Å². The first-order valence-electron chi connectivity index (χ1n) is 6.16. The summed E-state index contributed by atoms with van der Waals surface area (Å²) in [4.78, 5) is 3.23. The summed E-state index contributed by atoms with van der Waals surface area (Å²) in [5.41, 5.74) is 1.82. The number of hydrogen-bond acceptors (Lipinski definition) is 1. The van der Waals surface area contributed by atoms with E-state index >= 15 is 0 Å². The van der Waals surface area contributed by atoms with E-state index in [1.54, 1.807) is 30.4 Å². The number of fused-ring (bicyclic) bond motifs is 1. The highest BCUT2D eigenvalue weighted by Gasteiger charge is 2.09. The molecule has 0 fully saturated rings. The largest absolute Gasteiger partial charge is 0.277 e. The van der Waals surface area contributed by atoms with E-state index in [2.05, 4.69) is 15.0 Å². The lowest BCUT2D eigenvalue weighted by molar-refractivity contribution is 0.627. The first kappa shape index (κ1) is 13.0. The molecule has 0 unspecified atom stereocenters. The summed E-state index contributed by atoms with van der Waals surface area (Å²) in [6.07, 6.45) is 3.48. The molecule has 0 spiro atoms. The number of aromatic amines is 1. The Morgan fingerprint density at radius 3 is 2.57 bits per heavy atom. The summed E-state index contributed by atoms with van der Waals surface area (Å²) in [6.45, 7) is 6.97. The molecule has 0 aliphatic heterocycles. The number of halogens is 2. The molecule has 1 N–H and O–H groups in total. The van der Waals surface area contributed by atoms with Crippen LogP contribution in [0.2, 0.25) is 0 Å². The van der Waals surface area contributed by atoms with Gasteiger partial charge in [-0.2, -0.15) is 5.10 Å². The van der Waals surface area contributed by atoms with Crippen LogP contribution in [0.1, 0.15) is 11.3 Å². The van der Waals surface area contributed by atoms with Crippen LogP contribution in [0.5, 0.6) is 0 Å². The van der Waals surface area contributed by atoms with Crippen molar-refractivity contribution in [3.8, 4) is 0 Å². The molecule has 0 bridgehead atoms. The van der Waals surface area contributed by atoms with Crippen molar-refractivity contribution in [1.82, 2.24) is 10.2 Å². The van der Waals surface area contributed by atoms with E-state index in [-0.39, 0.29) is 17.0 Å². The first-order chi connectivity index (χ1) is 10.2. The Hall–Kier alpha value is -3.00. The Labute approximate surface area is 119 Å². The summed E-state index contributed by atoms with van der Waals surface area (Å²) < 4.78 is 26.6. The second kappa shape index (κ2) is 5.17. The van der Waals surface area contributed by atoms with Crippen LogP contribution in [0.4, 0.5) is 14.5 Å². The molecule has 0 saturated carbocycles. The number of H-pyrrole nitrogens is 1. The number of nitrogens with zero attached hydrogens (tertiary/aromatic N) is 2. The van der Waals surface area contributed by atoms with Crippen LogP contribution in [-0.2, 0) is 0 Å². The minimum absolute atomic E-state index is 0.196. The highest BCUT2D eigenvalue weighted by Crippen LogP contribution is 2.26. The molecule has 3 aromatic rings. The SMILES string of the molecule is [C-]#[N+]c1cc(F)c2n[nH]c(C=Cc3ccc(F)cc3)c2c1. The molecule has 0 atom stereocenters. The van der Waals surface area contributed by atoms with E-state index < -0.39 is 5.82 Å². The first-order valence-corrected chi connectivity index (χ1v) is 6.16. The molecule has 1 heterocycles.